The number of hydrogen-bond donors (Lipinski definition) is 1. The van der Waals surface area contributed by atoms with Gasteiger partial charge in [-0.05, 0) is 50.3 Å². The molecule has 0 saturated heterocycles. The molecule has 1 aromatic heterocycles. The lowest BCUT2D eigenvalue weighted by molar-refractivity contribution is 0.218. The van der Waals surface area contributed by atoms with Crippen LogP contribution in [0.5, 0.6) is 0 Å². The highest BCUT2D eigenvalue weighted by molar-refractivity contribution is 5.05. The van der Waals surface area contributed by atoms with Crippen molar-refractivity contribution in [2.75, 3.05) is 13.6 Å². The Balaban J connectivity index is 1.87. The zero-order valence-electron chi connectivity index (χ0n) is 12.1. The topological polar surface area (TPSA) is 42.4 Å². The van der Waals surface area contributed by atoms with Gasteiger partial charge in [0.05, 0.1) is 6.54 Å². The third kappa shape index (κ3) is 2.96. The number of hydrogen-bond acceptors (Lipinski definition) is 3. The monoisotopic (exact) mass is 250 g/mol. The average molecular weight is 250 g/mol. The van der Waals surface area contributed by atoms with Crippen molar-refractivity contribution in [3.8, 4) is 0 Å². The van der Waals surface area contributed by atoms with Gasteiger partial charge in [0.1, 0.15) is 11.5 Å². The van der Waals surface area contributed by atoms with Crippen LogP contribution in [0.4, 0.5) is 0 Å². The standard InChI is InChI=1S/C15H26N2O/c1-11-5-6-13(18-11)10-17(4)9-12-7-8-15(2,3)14(12)16/h5-6,12,14H,7-10,16H2,1-4H3. The molecule has 0 amide bonds. The Bertz CT molecular complexity index is 397. The molecule has 1 saturated carbocycles. The van der Waals surface area contributed by atoms with E-state index in [1.807, 2.05) is 13.0 Å². The summed E-state index contributed by atoms with van der Waals surface area (Å²) in [5.41, 5.74) is 6.65. The number of nitrogens with two attached hydrogens (primary N) is 1. The van der Waals surface area contributed by atoms with Crippen LogP contribution in [0.3, 0.4) is 0 Å². The fourth-order valence-corrected chi connectivity index (χ4v) is 3.05. The average Bonchev–Trinajstić information content (AvgIpc) is 2.78. The Morgan fingerprint density at radius 2 is 2.17 bits per heavy atom. The predicted octanol–water partition coefficient (Wildman–Crippen LogP) is 2.78. The minimum Gasteiger partial charge on any atom is -0.465 e. The molecule has 1 heterocycles. The van der Waals surface area contributed by atoms with Gasteiger partial charge in [-0.25, -0.2) is 0 Å². The highest BCUT2D eigenvalue weighted by Crippen LogP contribution is 2.40. The minimum atomic E-state index is 0.298. The van der Waals surface area contributed by atoms with Crippen molar-refractivity contribution in [2.45, 2.75) is 46.2 Å². The molecule has 18 heavy (non-hydrogen) atoms. The first-order valence-electron chi connectivity index (χ1n) is 6.88. The summed E-state index contributed by atoms with van der Waals surface area (Å²) in [6, 6.07) is 4.40. The van der Waals surface area contributed by atoms with Gasteiger partial charge in [-0.2, -0.15) is 0 Å². The van der Waals surface area contributed by atoms with Gasteiger partial charge in [-0.1, -0.05) is 13.8 Å². The van der Waals surface area contributed by atoms with Gasteiger partial charge in [-0.15, -0.1) is 0 Å². The molecule has 0 aliphatic heterocycles. The first-order valence-corrected chi connectivity index (χ1v) is 6.88. The lowest BCUT2D eigenvalue weighted by atomic mass is 9.85. The largest absolute Gasteiger partial charge is 0.465 e. The Morgan fingerprint density at radius 1 is 1.44 bits per heavy atom. The van der Waals surface area contributed by atoms with E-state index in [1.165, 1.54) is 12.8 Å². The first-order chi connectivity index (χ1) is 8.38. The molecule has 3 nitrogen and oxygen atoms in total. The van der Waals surface area contributed by atoms with E-state index in [0.717, 1.165) is 24.6 Å². The van der Waals surface area contributed by atoms with Crippen LogP contribution in [-0.2, 0) is 6.54 Å². The van der Waals surface area contributed by atoms with Crippen LogP contribution < -0.4 is 5.73 Å². The molecule has 0 radical (unpaired) electrons. The second-order valence-corrected chi connectivity index (χ2v) is 6.52. The summed E-state index contributed by atoms with van der Waals surface area (Å²) >= 11 is 0. The maximum absolute atomic E-state index is 6.35. The smallest absolute Gasteiger partial charge is 0.118 e. The van der Waals surface area contributed by atoms with Crippen molar-refractivity contribution in [1.29, 1.82) is 0 Å². The Labute approximate surface area is 110 Å². The minimum absolute atomic E-state index is 0.298. The maximum atomic E-state index is 6.35. The van der Waals surface area contributed by atoms with Crippen molar-refractivity contribution in [3.63, 3.8) is 0 Å². The molecule has 2 unspecified atom stereocenters. The van der Waals surface area contributed by atoms with Crippen molar-refractivity contribution in [2.24, 2.45) is 17.1 Å². The van der Waals surface area contributed by atoms with Crippen LogP contribution in [-0.4, -0.2) is 24.5 Å². The van der Waals surface area contributed by atoms with Crippen molar-refractivity contribution in [1.82, 2.24) is 4.90 Å². The van der Waals surface area contributed by atoms with Crippen LogP contribution in [0.2, 0.25) is 0 Å². The highest BCUT2D eigenvalue weighted by Gasteiger charge is 2.39. The van der Waals surface area contributed by atoms with E-state index in [4.69, 9.17) is 10.2 Å². The van der Waals surface area contributed by atoms with E-state index in [2.05, 4.69) is 31.9 Å². The van der Waals surface area contributed by atoms with Gasteiger partial charge in [0, 0.05) is 12.6 Å². The van der Waals surface area contributed by atoms with E-state index in [9.17, 15) is 0 Å². The normalized spacial score (nSPS) is 27.0. The molecular weight excluding hydrogens is 224 g/mol. The molecule has 2 N–H and O–H groups in total. The molecule has 2 atom stereocenters. The van der Waals surface area contributed by atoms with E-state index in [1.54, 1.807) is 0 Å². The quantitative estimate of drug-likeness (QED) is 0.893. The van der Waals surface area contributed by atoms with Gasteiger partial charge in [0.2, 0.25) is 0 Å². The second kappa shape index (κ2) is 5.06. The van der Waals surface area contributed by atoms with Crippen molar-refractivity contribution in [3.05, 3.63) is 23.7 Å². The molecule has 3 heteroatoms. The molecular formula is C15H26N2O. The molecule has 1 aliphatic rings. The number of furan rings is 1. The third-order valence-electron chi connectivity index (χ3n) is 4.34. The third-order valence-corrected chi connectivity index (χ3v) is 4.34. The van der Waals surface area contributed by atoms with Crippen LogP contribution in [0.15, 0.2) is 16.5 Å². The Morgan fingerprint density at radius 3 is 2.67 bits per heavy atom. The molecule has 1 aliphatic carbocycles. The fourth-order valence-electron chi connectivity index (χ4n) is 3.05. The number of nitrogens with zero attached hydrogens (tertiary/aromatic N) is 1. The number of aryl methyl sites for hydroxylation is 1. The Hall–Kier alpha value is -0.800. The van der Waals surface area contributed by atoms with Crippen molar-refractivity contribution >= 4 is 0 Å². The van der Waals surface area contributed by atoms with Gasteiger partial charge in [-0.3, -0.25) is 4.90 Å². The van der Waals surface area contributed by atoms with Gasteiger partial charge >= 0.3 is 0 Å². The molecule has 0 bridgehead atoms. The Kier molecular flexibility index (Phi) is 3.83. The summed E-state index contributed by atoms with van der Waals surface area (Å²) in [4.78, 5) is 2.32. The van der Waals surface area contributed by atoms with E-state index in [0.29, 0.717) is 17.4 Å². The van der Waals surface area contributed by atoms with Gasteiger partial charge < -0.3 is 10.2 Å². The van der Waals surface area contributed by atoms with Crippen molar-refractivity contribution < 1.29 is 4.42 Å². The van der Waals surface area contributed by atoms with Crippen LogP contribution in [0.1, 0.15) is 38.2 Å². The van der Waals surface area contributed by atoms with Gasteiger partial charge in [0.25, 0.3) is 0 Å². The molecule has 2 rings (SSSR count). The summed E-state index contributed by atoms with van der Waals surface area (Å²) in [7, 11) is 2.15. The molecule has 1 aromatic rings. The van der Waals surface area contributed by atoms with Crippen LogP contribution >= 0.6 is 0 Å². The van der Waals surface area contributed by atoms with E-state index in [-0.39, 0.29) is 0 Å². The summed E-state index contributed by atoms with van der Waals surface area (Å²) in [5, 5.41) is 0. The second-order valence-electron chi connectivity index (χ2n) is 6.52. The fraction of sp³-hybridized carbons (Fsp3) is 0.733. The molecule has 0 aromatic carbocycles. The van der Waals surface area contributed by atoms with E-state index < -0.39 is 0 Å². The zero-order chi connectivity index (χ0) is 13.3. The SMILES string of the molecule is Cc1ccc(CN(C)CC2CCC(C)(C)C2N)o1. The lowest BCUT2D eigenvalue weighted by Gasteiger charge is -2.29. The predicted molar refractivity (Wildman–Crippen MR) is 74.3 cm³/mol. The molecule has 102 valence electrons. The first kappa shape index (κ1) is 13.6. The zero-order valence-corrected chi connectivity index (χ0v) is 12.1. The maximum Gasteiger partial charge on any atom is 0.118 e. The number of rotatable bonds is 4. The van der Waals surface area contributed by atoms with E-state index >= 15 is 0 Å². The summed E-state index contributed by atoms with van der Waals surface area (Å²) < 4.78 is 5.61. The summed E-state index contributed by atoms with van der Waals surface area (Å²) in [5.74, 6) is 2.64. The molecule has 1 fully saturated rings. The lowest BCUT2D eigenvalue weighted by Crippen LogP contribution is -2.41. The van der Waals surface area contributed by atoms with Crippen LogP contribution in [0.25, 0.3) is 0 Å². The highest BCUT2D eigenvalue weighted by atomic mass is 16.3. The summed E-state index contributed by atoms with van der Waals surface area (Å²) in [6.07, 6.45) is 2.49. The summed E-state index contributed by atoms with van der Waals surface area (Å²) in [6.45, 7) is 8.49. The van der Waals surface area contributed by atoms with Crippen LogP contribution in [0, 0.1) is 18.3 Å². The molecule has 0 spiro atoms. The van der Waals surface area contributed by atoms with Gasteiger partial charge in [0.15, 0.2) is 0 Å².